The van der Waals surface area contributed by atoms with Crippen molar-refractivity contribution in [1.29, 1.82) is 0 Å². The molecule has 1 aliphatic rings. The number of methoxy groups -OCH3 is 1. The van der Waals surface area contributed by atoms with Crippen molar-refractivity contribution in [2.24, 2.45) is 0 Å². The predicted octanol–water partition coefficient (Wildman–Crippen LogP) is 3.32. The van der Waals surface area contributed by atoms with Crippen LogP contribution in [0.4, 0.5) is 0 Å². The summed E-state index contributed by atoms with van der Waals surface area (Å²) in [6.07, 6.45) is -0.149. The van der Waals surface area contributed by atoms with Gasteiger partial charge in [-0.1, -0.05) is 0 Å². The van der Waals surface area contributed by atoms with E-state index in [1.807, 2.05) is 26.0 Å². The van der Waals surface area contributed by atoms with Crippen LogP contribution >= 0.6 is 27.5 Å². The quantitative estimate of drug-likeness (QED) is 0.760. The van der Waals surface area contributed by atoms with Gasteiger partial charge < -0.3 is 14.4 Å². The number of carbonyl (C=O) groups excluding carboxylic acids is 1. The Bertz CT molecular complexity index is 536. The molecule has 0 aromatic heterocycles. The van der Waals surface area contributed by atoms with Crippen molar-refractivity contribution in [1.82, 2.24) is 4.90 Å². The molecule has 1 aromatic carbocycles. The highest BCUT2D eigenvalue weighted by molar-refractivity contribution is 9.10. The van der Waals surface area contributed by atoms with Gasteiger partial charge in [-0.05, 0) is 48.0 Å². The minimum Gasteiger partial charge on any atom is -0.497 e. The molecule has 1 amide bonds. The highest BCUT2D eigenvalue weighted by Crippen LogP contribution is 2.27. The Labute approximate surface area is 138 Å². The van der Waals surface area contributed by atoms with E-state index < -0.39 is 5.60 Å². The average Bonchev–Trinajstić information content (AvgIpc) is 2.45. The van der Waals surface area contributed by atoms with Crippen molar-refractivity contribution in [2.45, 2.75) is 25.6 Å². The van der Waals surface area contributed by atoms with Crippen LogP contribution in [-0.2, 0) is 4.74 Å². The van der Waals surface area contributed by atoms with Crippen molar-refractivity contribution in [2.75, 3.05) is 26.1 Å². The molecule has 0 N–H and O–H groups in total. The summed E-state index contributed by atoms with van der Waals surface area (Å²) in [4.78, 5) is 14.6. The van der Waals surface area contributed by atoms with E-state index in [2.05, 4.69) is 15.9 Å². The smallest absolute Gasteiger partial charge is 0.255 e. The summed E-state index contributed by atoms with van der Waals surface area (Å²) in [7, 11) is 1.58. The molecule has 1 heterocycles. The van der Waals surface area contributed by atoms with Crippen LogP contribution in [-0.4, -0.2) is 48.6 Å². The second-order valence-corrected chi connectivity index (χ2v) is 6.85. The van der Waals surface area contributed by atoms with Gasteiger partial charge in [-0.3, -0.25) is 4.79 Å². The Hall–Kier alpha value is -0.780. The van der Waals surface area contributed by atoms with Gasteiger partial charge in [0.25, 0.3) is 5.91 Å². The standard InChI is InChI=1S/C15H19BrClNO3/c1-15(2)9-18(8-11(7-17)21-15)14(19)12-6-10(20-3)4-5-13(12)16/h4-6,11H,7-9H2,1-3H3. The zero-order valence-corrected chi connectivity index (χ0v) is 14.7. The lowest BCUT2D eigenvalue weighted by atomic mass is 10.0. The fourth-order valence-corrected chi connectivity index (χ4v) is 3.07. The maximum absolute atomic E-state index is 12.8. The second kappa shape index (κ2) is 6.55. The van der Waals surface area contributed by atoms with E-state index in [0.29, 0.717) is 30.3 Å². The summed E-state index contributed by atoms with van der Waals surface area (Å²) in [5.74, 6) is 0.974. The van der Waals surface area contributed by atoms with E-state index in [9.17, 15) is 4.79 Å². The van der Waals surface area contributed by atoms with E-state index in [1.165, 1.54) is 0 Å². The van der Waals surface area contributed by atoms with Gasteiger partial charge in [-0.15, -0.1) is 11.6 Å². The van der Waals surface area contributed by atoms with Crippen molar-refractivity contribution in [3.8, 4) is 5.75 Å². The van der Waals surface area contributed by atoms with Crippen molar-refractivity contribution in [3.05, 3.63) is 28.2 Å². The van der Waals surface area contributed by atoms with Gasteiger partial charge in [0, 0.05) is 17.6 Å². The number of alkyl halides is 1. The number of hydrogen-bond donors (Lipinski definition) is 0. The van der Waals surface area contributed by atoms with Crippen LogP contribution in [0.2, 0.25) is 0 Å². The van der Waals surface area contributed by atoms with Crippen molar-refractivity contribution >= 4 is 33.4 Å². The third-order valence-electron chi connectivity index (χ3n) is 3.34. The molecule has 1 aliphatic heterocycles. The van der Waals surface area contributed by atoms with Crippen LogP contribution in [0.1, 0.15) is 24.2 Å². The summed E-state index contributed by atoms with van der Waals surface area (Å²) in [5, 5.41) is 0. The van der Waals surface area contributed by atoms with Crippen LogP contribution in [0.25, 0.3) is 0 Å². The first-order valence-electron chi connectivity index (χ1n) is 6.73. The average molecular weight is 377 g/mol. The van der Waals surface area contributed by atoms with Crippen LogP contribution in [0.15, 0.2) is 22.7 Å². The van der Waals surface area contributed by atoms with E-state index >= 15 is 0 Å². The highest BCUT2D eigenvalue weighted by Gasteiger charge is 2.36. The minimum atomic E-state index is -0.404. The minimum absolute atomic E-state index is 0.0488. The Morgan fingerprint density at radius 2 is 2.29 bits per heavy atom. The number of halogens is 2. The molecule has 0 spiro atoms. The molecule has 1 saturated heterocycles. The zero-order valence-electron chi connectivity index (χ0n) is 12.4. The van der Waals surface area contributed by atoms with E-state index in [-0.39, 0.29) is 12.0 Å². The molecular weight excluding hydrogens is 358 g/mol. The third-order valence-corrected chi connectivity index (χ3v) is 4.38. The normalized spacial score (nSPS) is 21.2. The third kappa shape index (κ3) is 3.90. The Morgan fingerprint density at radius 1 is 1.57 bits per heavy atom. The fraction of sp³-hybridized carbons (Fsp3) is 0.533. The van der Waals surface area contributed by atoms with Crippen LogP contribution in [0, 0.1) is 0 Å². The number of ether oxygens (including phenoxy) is 2. The largest absolute Gasteiger partial charge is 0.497 e. The molecule has 6 heteroatoms. The lowest BCUT2D eigenvalue weighted by Gasteiger charge is -2.42. The molecular formula is C15H19BrClNO3. The number of morpholine rings is 1. The monoisotopic (exact) mass is 375 g/mol. The molecule has 1 atom stereocenters. The van der Waals surface area contributed by atoms with Gasteiger partial charge in [0.2, 0.25) is 0 Å². The second-order valence-electron chi connectivity index (χ2n) is 5.69. The predicted molar refractivity (Wildman–Crippen MR) is 86.3 cm³/mol. The molecule has 4 nitrogen and oxygen atoms in total. The number of hydrogen-bond acceptors (Lipinski definition) is 3. The topological polar surface area (TPSA) is 38.8 Å². The highest BCUT2D eigenvalue weighted by atomic mass is 79.9. The van der Waals surface area contributed by atoms with Crippen molar-refractivity contribution < 1.29 is 14.3 Å². The maximum atomic E-state index is 12.8. The molecule has 1 fully saturated rings. The first-order chi connectivity index (χ1) is 9.86. The SMILES string of the molecule is COc1ccc(Br)c(C(=O)N2CC(CCl)OC(C)(C)C2)c1. The van der Waals surface area contributed by atoms with Gasteiger partial charge in [0.1, 0.15) is 5.75 Å². The van der Waals surface area contributed by atoms with Crippen LogP contribution in [0.3, 0.4) is 0 Å². The Morgan fingerprint density at radius 3 is 2.90 bits per heavy atom. The number of benzene rings is 1. The molecule has 21 heavy (non-hydrogen) atoms. The molecule has 0 bridgehead atoms. The van der Waals surface area contributed by atoms with Crippen molar-refractivity contribution in [3.63, 3.8) is 0 Å². The summed E-state index contributed by atoms with van der Waals surface area (Å²) in [6, 6.07) is 5.37. The lowest BCUT2D eigenvalue weighted by molar-refractivity contribution is -0.117. The number of nitrogens with zero attached hydrogens (tertiary/aromatic N) is 1. The van der Waals surface area contributed by atoms with Crippen LogP contribution < -0.4 is 4.74 Å². The van der Waals surface area contributed by atoms with Gasteiger partial charge >= 0.3 is 0 Å². The molecule has 0 aliphatic carbocycles. The van der Waals surface area contributed by atoms with Gasteiger partial charge in [0.05, 0.1) is 30.3 Å². The number of carbonyl (C=O) groups is 1. The first kappa shape index (κ1) is 16.6. The van der Waals surface area contributed by atoms with Gasteiger partial charge in [0.15, 0.2) is 0 Å². The molecule has 1 aromatic rings. The molecule has 2 rings (SSSR count). The molecule has 0 radical (unpaired) electrons. The van der Waals surface area contributed by atoms with E-state index in [0.717, 1.165) is 4.47 Å². The zero-order chi connectivity index (χ0) is 15.6. The Balaban J connectivity index is 2.26. The summed E-state index contributed by atoms with van der Waals surface area (Å²) in [5.41, 5.74) is 0.180. The molecule has 1 unspecified atom stereocenters. The Kier molecular flexibility index (Phi) is 5.17. The number of rotatable bonds is 3. The molecule has 0 saturated carbocycles. The van der Waals surface area contributed by atoms with Gasteiger partial charge in [-0.2, -0.15) is 0 Å². The first-order valence-corrected chi connectivity index (χ1v) is 8.05. The summed E-state index contributed by atoms with van der Waals surface area (Å²) >= 11 is 9.34. The summed E-state index contributed by atoms with van der Waals surface area (Å²) < 4.78 is 11.8. The van der Waals surface area contributed by atoms with Gasteiger partial charge in [-0.25, -0.2) is 0 Å². The lowest BCUT2D eigenvalue weighted by Crippen LogP contribution is -2.55. The maximum Gasteiger partial charge on any atom is 0.255 e. The molecule has 116 valence electrons. The summed E-state index contributed by atoms with van der Waals surface area (Å²) in [6.45, 7) is 4.96. The van der Waals surface area contributed by atoms with E-state index in [1.54, 1.807) is 18.1 Å². The fourth-order valence-electron chi connectivity index (χ4n) is 2.50. The van der Waals surface area contributed by atoms with E-state index in [4.69, 9.17) is 21.1 Å². The van der Waals surface area contributed by atoms with Crippen LogP contribution in [0.5, 0.6) is 5.75 Å². The number of amides is 1.